The number of hydrogen-bond donors (Lipinski definition) is 0. The van der Waals surface area contributed by atoms with Gasteiger partial charge in [-0.25, -0.2) is 4.90 Å². The van der Waals surface area contributed by atoms with Crippen LogP contribution in [-0.2, 0) is 14.9 Å². The van der Waals surface area contributed by atoms with Gasteiger partial charge < -0.3 is 13.3 Å². The van der Waals surface area contributed by atoms with E-state index in [1.54, 1.807) is 17.0 Å². The van der Waals surface area contributed by atoms with Gasteiger partial charge in [-0.2, -0.15) is 8.42 Å². The Bertz CT molecular complexity index is 777. The van der Waals surface area contributed by atoms with Gasteiger partial charge in [-0.1, -0.05) is 18.2 Å². The minimum Gasteiger partial charge on any atom is -0.425 e. The monoisotopic (exact) mass is 309 g/mol. The Labute approximate surface area is 122 Å². The topological polar surface area (TPSA) is 68.8 Å². The molecule has 2 aromatic rings. The quantitative estimate of drug-likeness (QED) is 0.637. The van der Waals surface area contributed by atoms with Crippen LogP contribution in [0.2, 0.25) is 0 Å². The van der Waals surface area contributed by atoms with E-state index in [9.17, 15) is 8.42 Å². The number of furan rings is 1. The highest BCUT2D eigenvalue weighted by Crippen LogP contribution is 2.49. The molecule has 0 radical (unpaired) electrons. The van der Waals surface area contributed by atoms with Gasteiger partial charge in [0.1, 0.15) is 11.8 Å². The Hall–Kier alpha value is -1.57. The summed E-state index contributed by atoms with van der Waals surface area (Å²) < 4.78 is 40.8. The van der Waals surface area contributed by atoms with Gasteiger partial charge in [-0.3, -0.25) is 0 Å². The third-order valence-corrected chi connectivity index (χ3v) is 5.52. The lowest BCUT2D eigenvalue weighted by atomic mass is 10.2. The molecule has 21 heavy (non-hydrogen) atoms. The smallest absolute Gasteiger partial charge is 0.330 e. The molecule has 2 fully saturated rings. The third kappa shape index (κ3) is 1.88. The first-order chi connectivity index (χ1) is 9.89. The highest BCUT2D eigenvalue weighted by atomic mass is 32.2. The van der Waals surface area contributed by atoms with Crippen LogP contribution in [0, 0.1) is 0 Å². The molecular formula is C14H15NO5S. The zero-order valence-electron chi connectivity index (χ0n) is 11.6. The van der Waals surface area contributed by atoms with Gasteiger partial charge in [-0.05, 0) is 19.9 Å². The molecule has 3 heterocycles. The lowest BCUT2D eigenvalue weighted by Crippen LogP contribution is -2.37. The van der Waals surface area contributed by atoms with Gasteiger partial charge in [0, 0.05) is 11.5 Å². The first-order valence-electron chi connectivity index (χ1n) is 6.71. The van der Waals surface area contributed by atoms with E-state index in [0.29, 0.717) is 5.58 Å². The highest BCUT2D eigenvalue weighted by molar-refractivity contribution is 7.87. The summed E-state index contributed by atoms with van der Waals surface area (Å²) in [5.41, 5.74) is 0.336. The molecule has 0 aliphatic carbocycles. The maximum Gasteiger partial charge on any atom is 0.330 e. The van der Waals surface area contributed by atoms with Crippen LogP contribution in [-0.4, -0.2) is 37.1 Å². The molecule has 7 heteroatoms. The Morgan fingerprint density at radius 1 is 1.33 bits per heavy atom. The van der Waals surface area contributed by atoms with Gasteiger partial charge in [0.25, 0.3) is 0 Å². The van der Waals surface area contributed by atoms with Crippen LogP contribution < -0.4 is 4.18 Å². The first kappa shape index (κ1) is 13.1. The molecule has 0 N–H and O–H groups in total. The molecule has 0 saturated carbocycles. The number of fused-ring (bicyclic) bond motifs is 2. The highest BCUT2D eigenvalue weighted by Gasteiger charge is 2.67. The summed E-state index contributed by atoms with van der Waals surface area (Å²) in [6.45, 7) is 4.01. The Kier molecular flexibility index (Phi) is 2.50. The predicted molar refractivity (Wildman–Crippen MR) is 75.2 cm³/mol. The van der Waals surface area contributed by atoms with Crippen molar-refractivity contribution in [3.8, 4) is 5.95 Å². The van der Waals surface area contributed by atoms with Gasteiger partial charge in [0.2, 0.25) is 0 Å². The summed E-state index contributed by atoms with van der Waals surface area (Å²) in [6, 6.07) is 8.84. The molecule has 1 aromatic carbocycles. The number of rotatable bonds is 3. The number of morpholine rings is 1. The van der Waals surface area contributed by atoms with Gasteiger partial charge >= 0.3 is 16.1 Å². The largest absolute Gasteiger partial charge is 0.425 e. The van der Waals surface area contributed by atoms with Crippen LogP contribution in [0.5, 0.6) is 5.95 Å². The average Bonchev–Trinajstić information content (AvgIpc) is 2.83. The van der Waals surface area contributed by atoms with Crippen LogP contribution in [0.25, 0.3) is 11.0 Å². The van der Waals surface area contributed by atoms with Crippen molar-refractivity contribution in [2.24, 2.45) is 0 Å². The maximum absolute atomic E-state index is 12.4. The van der Waals surface area contributed by atoms with E-state index in [4.69, 9.17) is 13.3 Å². The van der Waals surface area contributed by atoms with E-state index >= 15 is 0 Å². The lowest BCUT2D eigenvalue weighted by molar-refractivity contribution is 0.135. The minimum absolute atomic E-state index is 0.0145. The summed E-state index contributed by atoms with van der Waals surface area (Å²) >= 11 is 0. The van der Waals surface area contributed by atoms with E-state index in [1.165, 1.54) is 0 Å². The van der Waals surface area contributed by atoms with Crippen LogP contribution in [0.3, 0.4) is 0 Å². The number of nitrogens with zero attached hydrogens (tertiary/aromatic N) is 1. The van der Waals surface area contributed by atoms with Crippen molar-refractivity contribution < 1.29 is 21.8 Å². The first-order valence-corrected chi connectivity index (χ1v) is 8.19. The average molecular weight is 309 g/mol. The molecule has 2 aliphatic rings. The molecule has 112 valence electrons. The summed E-state index contributed by atoms with van der Waals surface area (Å²) in [6.07, 6.45) is -0.142. The zero-order chi connectivity index (χ0) is 14.8. The number of benzene rings is 1. The molecule has 6 nitrogen and oxygen atoms in total. The molecule has 3 unspecified atom stereocenters. The van der Waals surface area contributed by atoms with Crippen molar-refractivity contribution in [2.45, 2.75) is 31.0 Å². The second-order valence-electron chi connectivity index (χ2n) is 5.88. The second kappa shape index (κ2) is 4.00. The van der Waals surface area contributed by atoms with E-state index in [0.717, 1.165) is 5.39 Å². The van der Waals surface area contributed by atoms with Gasteiger partial charge in [0.15, 0.2) is 5.37 Å². The van der Waals surface area contributed by atoms with E-state index in [2.05, 4.69) is 0 Å². The van der Waals surface area contributed by atoms with Crippen LogP contribution in [0.15, 0.2) is 34.7 Å². The molecular weight excluding hydrogens is 294 g/mol. The van der Waals surface area contributed by atoms with Crippen LogP contribution in [0.4, 0.5) is 0 Å². The molecule has 2 saturated heterocycles. The van der Waals surface area contributed by atoms with E-state index in [1.807, 2.05) is 32.0 Å². The molecule has 3 atom stereocenters. The van der Waals surface area contributed by atoms with E-state index < -0.39 is 15.5 Å². The molecule has 4 rings (SSSR count). The number of ether oxygens (including phenoxy) is 1. The van der Waals surface area contributed by atoms with Crippen molar-refractivity contribution in [1.29, 1.82) is 0 Å². The summed E-state index contributed by atoms with van der Waals surface area (Å²) in [5, 5.41) is 0.0148. The Morgan fingerprint density at radius 2 is 2.10 bits per heavy atom. The number of hydrogen-bond acceptors (Lipinski definition) is 6. The normalized spacial score (nSPS) is 30.3. The molecule has 2 aliphatic heterocycles. The fourth-order valence-corrected chi connectivity index (χ4v) is 4.26. The second-order valence-corrected chi connectivity index (χ2v) is 7.58. The summed E-state index contributed by atoms with van der Waals surface area (Å²) in [4.78, 5) is 1.80. The predicted octanol–water partition coefficient (Wildman–Crippen LogP) is 1.92. The van der Waals surface area contributed by atoms with Crippen LogP contribution >= 0.6 is 0 Å². The molecule has 0 spiro atoms. The molecule has 0 amide bonds. The molecule has 0 bridgehead atoms. The maximum atomic E-state index is 12.4. The van der Waals surface area contributed by atoms with Crippen molar-refractivity contribution in [3.05, 3.63) is 30.3 Å². The number of para-hydroxylation sites is 1. The fourth-order valence-electron chi connectivity index (χ4n) is 2.93. The lowest BCUT2D eigenvalue weighted by Gasteiger charge is -2.16. The molecule has 1 aromatic heterocycles. The van der Waals surface area contributed by atoms with Crippen molar-refractivity contribution in [1.82, 2.24) is 4.90 Å². The van der Waals surface area contributed by atoms with Gasteiger partial charge in [0.05, 0.1) is 12.1 Å². The summed E-state index contributed by atoms with van der Waals surface area (Å²) in [5.74, 6) is -0.0145. The zero-order valence-corrected chi connectivity index (χ0v) is 12.5. The Balaban J connectivity index is 1.61. The van der Waals surface area contributed by atoms with E-state index in [-0.39, 0.29) is 24.3 Å². The third-order valence-electron chi connectivity index (χ3n) is 4.10. The van der Waals surface area contributed by atoms with Crippen molar-refractivity contribution in [2.75, 3.05) is 6.61 Å². The standard InChI is InChI=1S/C14H15NO5S/c1-14(2)13-15(14)11(8-18-13)21(16,17)20-12-7-9-5-3-4-6-10(9)19-12/h3-7,11,13H,8H2,1-2H3. The Morgan fingerprint density at radius 3 is 2.76 bits per heavy atom. The minimum atomic E-state index is -3.83. The van der Waals surface area contributed by atoms with Crippen LogP contribution in [0.1, 0.15) is 13.8 Å². The van der Waals surface area contributed by atoms with Crippen molar-refractivity contribution >= 4 is 21.1 Å². The SMILES string of the molecule is CC1(C)C2OCC(S(=O)(=O)Oc3cc4ccccc4o3)N21. The van der Waals surface area contributed by atoms with Crippen molar-refractivity contribution in [3.63, 3.8) is 0 Å². The summed E-state index contributed by atoms with van der Waals surface area (Å²) in [7, 11) is -3.83. The van der Waals surface area contributed by atoms with Gasteiger partial charge in [-0.15, -0.1) is 0 Å². The fraction of sp³-hybridized carbons (Fsp3) is 0.429.